The van der Waals surface area contributed by atoms with Crippen molar-refractivity contribution in [2.45, 2.75) is 75.6 Å². The second-order valence-corrected chi connectivity index (χ2v) is 8.36. The molecule has 1 aromatic heterocycles. The molecule has 4 rings (SSSR count). The largest absolute Gasteiger partial charge is 0.365 e. The van der Waals surface area contributed by atoms with Gasteiger partial charge in [-0.3, -0.25) is 0 Å². The van der Waals surface area contributed by atoms with Crippen LogP contribution in [0.2, 0.25) is 0 Å². The SMILES string of the molecule is CC[C@H]1CCC[C@@]23CCC[C@@](O)(C[C@@H](c4cccs4)[C@H]12)O3. The molecule has 0 aromatic carbocycles. The molecule has 2 aliphatic heterocycles. The van der Waals surface area contributed by atoms with Crippen molar-refractivity contribution in [2.24, 2.45) is 11.8 Å². The van der Waals surface area contributed by atoms with Gasteiger partial charge in [-0.25, -0.2) is 0 Å². The van der Waals surface area contributed by atoms with Crippen LogP contribution in [0, 0.1) is 11.8 Å². The first kappa shape index (κ1) is 14.2. The van der Waals surface area contributed by atoms with Crippen LogP contribution in [-0.2, 0) is 4.74 Å². The van der Waals surface area contributed by atoms with Crippen LogP contribution in [0.5, 0.6) is 0 Å². The van der Waals surface area contributed by atoms with Gasteiger partial charge in [-0.15, -0.1) is 11.3 Å². The van der Waals surface area contributed by atoms with Gasteiger partial charge in [-0.1, -0.05) is 25.8 Å². The molecule has 1 spiro atoms. The fraction of sp³-hybridized carbons (Fsp3) is 0.778. The molecule has 2 bridgehead atoms. The van der Waals surface area contributed by atoms with E-state index in [4.69, 9.17) is 4.74 Å². The quantitative estimate of drug-likeness (QED) is 0.859. The van der Waals surface area contributed by atoms with E-state index >= 15 is 0 Å². The molecule has 0 amide bonds. The van der Waals surface area contributed by atoms with Crippen molar-refractivity contribution >= 4 is 11.3 Å². The van der Waals surface area contributed by atoms with E-state index in [1.807, 2.05) is 11.3 Å². The van der Waals surface area contributed by atoms with Gasteiger partial charge in [0.2, 0.25) is 0 Å². The predicted molar refractivity (Wildman–Crippen MR) is 85.4 cm³/mol. The molecule has 0 unspecified atom stereocenters. The summed E-state index contributed by atoms with van der Waals surface area (Å²) in [5.74, 6) is 0.997. The molecular formula is C18H26O2S. The zero-order valence-electron chi connectivity index (χ0n) is 12.9. The van der Waals surface area contributed by atoms with Crippen molar-refractivity contribution in [2.75, 3.05) is 0 Å². The van der Waals surface area contributed by atoms with Crippen LogP contribution in [0.4, 0.5) is 0 Å². The molecule has 2 saturated heterocycles. The Balaban J connectivity index is 1.78. The highest BCUT2D eigenvalue weighted by Gasteiger charge is 2.60. The van der Waals surface area contributed by atoms with Gasteiger partial charge in [-0.2, -0.15) is 0 Å². The summed E-state index contributed by atoms with van der Waals surface area (Å²) in [4.78, 5) is 1.47. The molecule has 1 aromatic rings. The minimum absolute atomic E-state index is 0.0428. The highest BCUT2D eigenvalue weighted by molar-refractivity contribution is 7.10. The van der Waals surface area contributed by atoms with Gasteiger partial charge >= 0.3 is 0 Å². The third kappa shape index (κ3) is 2.20. The van der Waals surface area contributed by atoms with E-state index in [0.29, 0.717) is 11.8 Å². The summed E-state index contributed by atoms with van der Waals surface area (Å²) in [7, 11) is 0. The van der Waals surface area contributed by atoms with E-state index in [0.717, 1.165) is 38.0 Å². The van der Waals surface area contributed by atoms with Crippen molar-refractivity contribution in [3.05, 3.63) is 22.4 Å². The Kier molecular flexibility index (Phi) is 3.44. The maximum Gasteiger partial charge on any atom is 0.166 e. The Hall–Kier alpha value is -0.380. The van der Waals surface area contributed by atoms with Crippen molar-refractivity contribution in [3.63, 3.8) is 0 Å². The number of fused-ring (bicyclic) bond motifs is 1. The highest BCUT2D eigenvalue weighted by atomic mass is 32.1. The molecule has 1 aliphatic carbocycles. The maximum atomic E-state index is 10.9. The molecule has 0 radical (unpaired) electrons. The van der Waals surface area contributed by atoms with Crippen LogP contribution < -0.4 is 0 Å². The van der Waals surface area contributed by atoms with Crippen molar-refractivity contribution in [3.8, 4) is 0 Å². The smallest absolute Gasteiger partial charge is 0.166 e. The van der Waals surface area contributed by atoms with Crippen LogP contribution in [0.25, 0.3) is 0 Å². The second kappa shape index (κ2) is 5.07. The number of thiophene rings is 1. The molecule has 1 saturated carbocycles. The fourth-order valence-electron chi connectivity index (χ4n) is 5.54. The van der Waals surface area contributed by atoms with Crippen LogP contribution in [0.15, 0.2) is 17.5 Å². The number of rotatable bonds is 2. The lowest BCUT2D eigenvalue weighted by Crippen LogP contribution is -2.62. The molecule has 2 nitrogen and oxygen atoms in total. The van der Waals surface area contributed by atoms with E-state index in [1.54, 1.807) is 0 Å². The van der Waals surface area contributed by atoms with E-state index in [2.05, 4.69) is 24.4 Å². The molecule has 3 heterocycles. The zero-order valence-corrected chi connectivity index (χ0v) is 13.7. The van der Waals surface area contributed by atoms with E-state index in [9.17, 15) is 5.11 Å². The summed E-state index contributed by atoms with van der Waals surface area (Å²) in [6.45, 7) is 2.33. The monoisotopic (exact) mass is 306 g/mol. The van der Waals surface area contributed by atoms with Crippen LogP contribution >= 0.6 is 11.3 Å². The number of ether oxygens (including phenoxy) is 1. The second-order valence-electron chi connectivity index (χ2n) is 7.38. The number of aliphatic hydroxyl groups is 1. The minimum atomic E-state index is -0.862. The number of hydrogen-bond acceptors (Lipinski definition) is 3. The molecule has 5 atom stereocenters. The van der Waals surface area contributed by atoms with Gasteiger partial charge in [0, 0.05) is 23.6 Å². The van der Waals surface area contributed by atoms with Gasteiger partial charge in [0.1, 0.15) is 0 Å². The Morgan fingerprint density at radius 1 is 1.33 bits per heavy atom. The third-order valence-corrected chi connectivity index (χ3v) is 7.26. The Bertz CT molecular complexity index is 495. The average Bonchev–Trinajstić information content (AvgIpc) is 2.98. The molecule has 3 heteroatoms. The summed E-state index contributed by atoms with van der Waals surface area (Å²) < 4.78 is 6.42. The average molecular weight is 306 g/mol. The van der Waals surface area contributed by atoms with Gasteiger partial charge in [0.15, 0.2) is 5.79 Å². The van der Waals surface area contributed by atoms with Gasteiger partial charge in [-0.05, 0) is 49.0 Å². The van der Waals surface area contributed by atoms with E-state index in [1.165, 1.54) is 24.1 Å². The lowest BCUT2D eigenvalue weighted by molar-refractivity contribution is -0.348. The van der Waals surface area contributed by atoms with E-state index < -0.39 is 5.79 Å². The summed E-state index contributed by atoms with van der Waals surface area (Å²) in [6, 6.07) is 4.43. The minimum Gasteiger partial charge on any atom is -0.365 e. The van der Waals surface area contributed by atoms with Gasteiger partial charge in [0.05, 0.1) is 5.60 Å². The standard InChI is InChI=1S/C18H26O2S/c1-2-13-6-3-8-17-9-5-10-18(19,20-17)12-14(16(13)17)15-7-4-11-21-15/h4,7,11,13-14,16,19H,2-3,5-6,8-10,12H2,1H3/t13-,14-,16-,17+,18-/m0/s1. The Morgan fingerprint density at radius 2 is 2.19 bits per heavy atom. The normalized spacial score (nSPS) is 46.1. The lowest BCUT2D eigenvalue weighted by Gasteiger charge is -2.61. The molecule has 1 N–H and O–H groups in total. The van der Waals surface area contributed by atoms with E-state index in [-0.39, 0.29) is 5.60 Å². The number of hydrogen-bond donors (Lipinski definition) is 1. The summed E-state index contributed by atoms with van der Waals surface area (Å²) in [5, 5.41) is 13.1. The first-order valence-electron chi connectivity index (χ1n) is 8.62. The highest BCUT2D eigenvalue weighted by Crippen LogP contribution is 2.60. The van der Waals surface area contributed by atoms with Crippen LogP contribution in [-0.4, -0.2) is 16.5 Å². The van der Waals surface area contributed by atoms with Gasteiger partial charge < -0.3 is 9.84 Å². The summed E-state index contributed by atoms with van der Waals surface area (Å²) in [6.07, 6.45) is 8.90. The summed E-state index contributed by atoms with van der Waals surface area (Å²) in [5.41, 5.74) is -0.0428. The molecule has 3 fully saturated rings. The third-order valence-electron chi connectivity index (χ3n) is 6.26. The van der Waals surface area contributed by atoms with Crippen molar-refractivity contribution in [1.29, 1.82) is 0 Å². The topological polar surface area (TPSA) is 29.5 Å². The lowest BCUT2D eigenvalue weighted by atomic mass is 9.56. The van der Waals surface area contributed by atoms with Crippen molar-refractivity contribution < 1.29 is 9.84 Å². The van der Waals surface area contributed by atoms with Crippen molar-refractivity contribution in [1.82, 2.24) is 0 Å². The Morgan fingerprint density at radius 3 is 2.95 bits per heavy atom. The van der Waals surface area contributed by atoms with Crippen LogP contribution in [0.1, 0.15) is 69.1 Å². The zero-order chi connectivity index (χ0) is 14.5. The summed E-state index contributed by atoms with van der Waals surface area (Å²) >= 11 is 1.87. The molecule has 21 heavy (non-hydrogen) atoms. The fourth-order valence-corrected chi connectivity index (χ4v) is 6.42. The maximum absolute atomic E-state index is 10.9. The molecular weight excluding hydrogens is 280 g/mol. The van der Waals surface area contributed by atoms with Gasteiger partial charge in [0.25, 0.3) is 0 Å². The Labute approximate surface area is 131 Å². The first-order chi connectivity index (χ1) is 10.2. The molecule has 3 aliphatic rings. The molecule has 116 valence electrons. The van der Waals surface area contributed by atoms with Crippen LogP contribution in [0.3, 0.4) is 0 Å². The predicted octanol–water partition coefficient (Wildman–Crippen LogP) is 4.69. The first-order valence-corrected chi connectivity index (χ1v) is 9.50.